The van der Waals surface area contributed by atoms with E-state index < -0.39 is 0 Å². The van der Waals surface area contributed by atoms with Gasteiger partial charge >= 0.3 is 0 Å². The minimum Gasteiger partial charge on any atom is -0.507 e. The summed E-state index contributed by atoms with van der Waals surface area (Å²) >= 11 is 0. The molecule has 0 bridgehead atoms. The van der Waals surface area contributed by atoms with Gasteiger partial charge in [-0.15, -0.1) is 0 Å². The van der Waals surface area contributed by atoms with Crippen molar-refractivity contribution in [2.45, 2.75) is 0 Å². The Hall–Kier alpha value is -1.97. The normalized spacial score (nSPS) is 10.2. The minimum absolute atomic E-state index is 0.0317. The maximum Gasteiger partial charge on any atom is 0.128 e. The highest BCUT2D eigenvalue weighted by molar-refractivity contribution is 5.72. The number of benzene rings is 1. The smallest absolute Gasteiger partial charge is 0.128 e. The van der Waals surface area contributed by atoms with Crippen molar-refractivity contribution < 1.29 is 10.2 Å². The molecule has 4 heteroatoms. The van der Waals surface area contributed by atoms with E-state index in [4.69, 9.17) is 0 Å². The summed E-state index contributed by atoms with van der Waals surface area (Å²) in [6.07, 6.45) is 3.02. The summed E-state index contributed by atoms with van der Waals surface area (Å²) in [6, 6.07) is 4.59. The van der Waals surface area contributed by atoms with Crippen molar-refractivity contribution in [3.63, 3.8) is 0 Å². The standard InChI is InChI=1S/C9H8N2O2/c12-7-2-1-3-8(13)9(7)6-4-10-5-11-6/h1-5,12-13H,(H,10,11). The molecule has 0 unspecified atom stereocenters. The summed E-state index contributed by atoms with van der Waals surface area (Å²) < 4.78 is 0. The van der Waals surface area contributed by atoms with Crippen LogP contribution in [0.15, 0.2) is 30.7 Å². The Balaban J connectivity index is 2.64. The van der Waals surface area contributed by atoms with Gasteiger partial charge in [-0.2, -0.15) is 0 Å². The van der Waals surface area contributed by atoms with Gasteiger partial charge in [0.25, 0.3) is 0 Å². The van der Waals surface area contributed by atoms with Gasteiger partial charge < -0.3 is 15.2 Å². The number of aromatic amines is 1. The number of rotatable bonds is 1. The second-order valence-electron chi connectivity index (χ2n) is 2.64. The molecule has 1 aromatic heterocycles. The quantitative estimate of drug-likeness (QED) is 0.616. The van der Waals surface area contributed by atoms with Gasteiger partial charge in [0, 0.05) is 0 Å². The average Bonchev–Trinajstić information content (AvgIpc) is 2.57. The van der Waals surface area contributed by atoms with E-state index >= 15 is 0 Å². The average molecular weight is 176 g/mol. The zero-order valence-corrected chi connectivity index (χ0v) is 6.73. The van der Waals surface area contributed by atoms with E-state index in [0.717, 1.165) is 0 Å². The van der Waals surface area contributed by atoms with Gasteiger partial charge in [0.2, 0.25) is 0 Å². The van der Waals surface area contributed by atoms with Crippen molar-refractivity contribution in [2.75, 3.05) is 0 Å². The third-order valence-corrected chi connectivity index (χ3v) is 1.79. The highest BCUT2D eigenvalue weighted by atomic mass is 16.3. The Morgan fingerprint density at radius 2 is 1.85 bits per heavy atom. The molecular weight excluding hydrogens is 168 g/mol. The minimum atomic E-state index is 0.0317. The number of nitrogens with one attached hydrogen (secondary N) is 1. The topological polar surface area (TPSA) is 69.1 Å². The van der Waals surface area contributed by atoms with Gasteiger partial charge in [0.1, 0.15) is 11.5 Å². The molecule has 2 rings (SSSR count). The van der Waals surface area contributed by atoms with E-state index in [-0.39, 0.29) is 11.5 Å². The molecule has 66 valence electrons. The molecule has 0 radical (unpaired) electrons. The SMILES string of the molecule is Oc1cccc(O)c1-c1cnc[nH]1. The van der Waals surface area contributed by atoms with Crippen LogP contribution >= 0.6 is 0 Å². The van der Waals surface area contributed by atoms with Gasteiger partial charge in [-0.1, -0.05) is 6.07 Å². The Bertz CT molecular complexity index is 389. The molecule has 0 amide bonds. The summed E-state index contributed by atoms with van der Waals surface area (Å²) in [5.74, 6) is 0.0634. The lowest BCUT2D eigenvalue weighted by molar-refractivity contribution is 0.454. The number of nitrogens with zero attached hydrogens (tertiary/aromatic N) is 1. The van der Waals surface area contributed by atoms with Crippen molar-refractivity contribution >= 4 is 0 Å². The maximum absolute atomic E-state index is 9.46. The first-order valence-corrected chi connectivity index (χ1v) is 3.78. The number of phenols is 2. The van der Waals surface area contributed by atoms with E-state index in [9.17, 15) is 10.2 Å². The van der Waals surface area contributed by atoms with Gasteiger partial charge in [0.15, 0.2) is 0 Å². The molecule has 0 saturated carbocycles. The van der Waals surface area contributed by atoms with Crippen LogP contribution in [0.2, 0.25) is 0 Å². The molecule has 3 N–H and O–H groups in total. The van der Waals surface area contributed by atoms with Gasteiger partial charge in [-0.25, -0.2) is 4.98 Å². The number of aromatic hydroxyl groups is 2. The highest BCUT2D eigenvalue weighted by Crippen LogP contribution is 2.34. The molecule has 0 aliphatic rings. The largest absolute Gasteiger partial charge is 0.507 e. The van der Waals surface area contributed by atoms with Gasteiger partial charge in [-0.3, -0.25) is 0 Å². The molecule has 0 spiro atoms. The summed E-state index contributed by atoms with van der Waals surface area (Å²) in [5, 5.41) is 18.9. The Morgan fingerprint density at radius 3 is 2.38 bits per heavy atom. The van der Waals surface area contributed by atoms with Crippen LogP contribution in [0.5, 0.6) is 11.5 Å². The lowest BCUT2D eigenvalue weighted by Crippen LogP contribution is -1.79. The van der Waals surface area contributed by atoms with Crippen molar-refractivity contribution in [2.24, 2.45) is 0 Å². The predicted molar refractivity (Wildman–Crippen MR) is 47.4 cm³/mol. The third kappa shape index (κ3) is 1.22. The van der Waals surface area contributed by atoms with Crippen molar-refractivity contribution in [1.29, 1.82) is 0 Å². The predicted octanol–water partition coefficient (Wildman–Crippen LogP) is 1.49. The van der Waals surface area contributed by atoms with Crippen molar-refractivity contribution in [3.8, 4) is 22.8 Å². The summed E-state index contributed by atoms with van der Waals surface area (Å²) in [6.45, 7) is 0. The Labute approximate surface area is 74.5 Å². The monoisotopic (exact) mass is 176 g/mol. The van der Waals surface area contributed by atoms with E-state index in [1.54, 1.807) is 6.07 Å². The molecule has 0 saturated heterocycles. The van der Waals surface area contributed by atoms with Gasteiger partial charge in [-0.05, 0) is 12.1 Å². The first-order chi connectivity index (χ1) is 6.29. The number of H-pyrrole nitrogens is 1. The van der Waals surface area contributed by atoms with Crippen LogP contribution in [-0.2, 0) is 0 Å². The first-order valence-electron chi connectivity index (χ1n) is 3.78. The van der Waals surface area contributed by atoms with E-state index in [0.29, 0.717) is 11.3 Å². The molecule has 0 aliphatic heterocycles. The lowest BCUT2D eigenvalue weighted by Gasteiger charge is -2.03. The molecule has 0 atom stereocenters. The fourth-order valence-corrected chi connectivity index (χ4v) is 1.20. The fourth-order valence-electron chi connectivity index (χ4n) is 1.20. The Morgan fingerprint density at radius 1 is 1.15 bits per heavy atom. The van der Waals surface area contributed by atoms with Crippen LogP contribution in [0.1, 0.15) is 0 Å². The number of hydrogen-bond donors (Lipinski definition) is 3. The van der Waals surface area contributed by atoms with E-state index in [1.807, 2.05) is 0 Å². The van der Waals surface area contributed by atoms with Crippen LogP contribution in [-0.4, -0.2) is 20.2 Å². The second kappa shape index (κ2) is 2.82. The van der Waals surface area contributed by atoms with Crippen LogP contribution < -0.4 is 0 Å². The summed E-state index contributed by atoms with van der Waals surface area (Å²) in [7, 11) is 0. The van der Waals surface area contributed by atoms with E-state index in [1.165, 1.54) is 24.7 Å². The molecule has 13 heavy (non-hydrogen) atoms. The second-order valence-corrected chi connectivity index (χ2v) is 2.64. The molecule has 2 aromatic rings. The lowest BCUT2D eigenvalue weighted by atomic mass is 10.1. The molecule has 4 nitrogen and oxygen atoms in total. The molecule has 1 aromatic carbocycles. The van der Waals surface area contributed by atoms with Crippen LogP contribution in [0.4, 0.5) is 0 Å². The van der Waals surface area contributed by atoms with Crippen molar-refractivity contribution in [1.82, 2.24) is 9.97 Å². The molecule has 1 heterocycles. The Kier molecular flexibility index (Phi) is 1.66. The molecular formula is C9H8N2O2. The zero-order chi connectivity index (χ0) is 9.26. The van der Waals surface area contributed by atoms with Crippen LogP contribution in [0.25, 0.3) is 11.3 Å². The first kappa shape index (κ1) is 7.67. The van der Waals surface area contributed by atoms with Crippen LogP contribution in [0.3, 0.4) is 0 Å². The molecule has 0 aliphatic carbocycles. The third-order valence-electron chi connectivity index (χ3n) is 1.79. The number of aromatic nitrogens is 2. The summed E-state index contributed by atoms with van der Waals surface area (Å²) in [4.78, 5) is 6.61. The zero-order valence-electron chi connectivity index (χ0n) is 6.73. The molecule has 0 fully saturated rings. The highest BCUT2D eigenvalue weighted by Gasteiger charge is 2.09. The number of phenolic OH excluding ortho intramolecular Hbond substituents is 2. The van der Waals surface area contributed by atoms with Crippen molar-refractivity contribution in [3.05, 3.63) is 30.7 Å². The van der Waals surface area contributed by atoms with Gasteiger partial charge in [0.05, 0.1) is 23.8 Å². The summed E-state index contributed by atoms with van der Waals surface area (Å²) in [5.41, 5.74) is 0.968. The fraction of sp³-hybridized carbons (Fsp3) is 0. The van der Waals surface area contributed by atoms with E-state index in [2.05, 4.69) is 9.97 Å². The maximum atomic E-state index is 9.46. The van der Waals surface area contributed by atoms with Crippen LogP contribution in [0, 0.1) is 0 Å². The number of hydrogen-bond acceptors (Lipinski definition) is 3. The number of imidazole rings is 1.